The van der Waals surface area contributed by atoms with Crippen LogP contribution in [0.4, 0.5) is 0 Å². The molecule has 1 rings (SSSR count). The van der Waals surface area contributed by atoms with Crippen LogP contribution in [0.5, 0.6) is 0 Å². The Kier molecular flexibility index (Phi) is 4.85. The minimum atomic E-state index is -0.969. The Hall–Kier alpha value is -2.04. The van der Waals surface area contributed by atoms with Crippen molar-refractivity contribution >= 4 is 5.97 Å². The second kappa shape index (κ2) is 6.44. The average molecular weight is 221 g/mol. The van der Waals surface area contributed by atoms with Crippen LogP contribution in [-0.4, -0.2) is 30.3 Å². The summed E-state index contributed by atoms with van der Waals surface area (Å²) in [6.45, 7) is -0.300. The molecule has 0 bridgehead atoms. The number of hydrogen-bond acceptors (Lipinski definition) is 4. The molecule has 84 valence electrons. The highest BCUT2D eigenvalue weighted by atomic mass is 16.5. The topological polar surface area (TPSA) is 95.3 Å². The smallest absolute Gasteiger partial charge is 0.338 e. The normalized spacial score (nSPS) is 11.3. The van der Waals surface area contributed by atoms with Crippen molar-refractivity contribution in [1.29, 1.82) is 0 Å². The highest BCUT2D eigenvalue weighted by Gasteiger charge is 2.09. The third-order valence-corrected chi connectivity index (χ3v) is 1.77. The van der Waals surface area contributed by atoms with E-state index < -0.39 is 12.1 Å². The summed E-state index contributed by atoms with van der Waals surface area (Å²) in [4.78, 5) is 13.9. The molecule has 0 aliphatic carbocycles. The van der Waals surface area contributed by atoms with Crippen molar-refractivity contribution in [2.45, 2.75) is 6.10 Å². The first-order chi connectivity index (χ1) is 7.74. The molecule has 1 unspecified atom stereocenters. The molecule has 0 aliphatic rings. The van der Waals surface area contributed by atoms with E-state index in [2.05, 4.69) is 10.0 Å². The van der Waals surface area contributed by atoms with Gasteiger partial charge in [0.2, 0.25) is 0 Å². The van der Waals surface area contributed by atoms with E-state index in [1.165, 1.54) is 0 Å². The van der Waals surface area contributed by atoms with Gasteiger partial charge in [0, 0.05) is 4.91 Å². The number of benzene rings is 1. The predicted molar refractivity (Wildman–Crippen MR) is 56.7 cm³/mol. The lowest BCUT2D eigenvalue weighted by molar-refractivity contribution is 0.0277. The summed E-state index contributed by atoms with van der Waals surface area (Å²) in [5.41, 5.74) is 8.43. The highest BCUT2D eigenvalue weighted by Crippen LogP contribution is 2.01. The molecule has 16 heavy (non-hydrogen) atoms. The Labute approximate surface area is 92.1 Å². The van der Waals surface area contributed by atoms with Gasteiger partial charge in [-0.25, -0.2) is 4.79 Å². The number of nitrogens with zero attached hydrogens (tertiary/aromatic N) is 3. The lowest BCUT2D eigenvalue weighted by Crippen LogP contribution is -2.21. The van der Waals surface area contributed by atoms with Crippen LogP contribution >= 0.6 is 0 Å². The minimum Gasteiger partial charge on any atom is -0.459 e. The van der Waals surface area contributed by atoms with Gasteiger partial charge in [-0.3, -0.25) is 0 Å². The van der Waals surface area contributed by atoms with Crippen LogP contribution in [0.2, 0.25) is 0 Å². The minimum absolute atomic E-state index is 0.113. The zero-order valence-electron chi connectivity index (χ0n) is 8.48. The summed E-state index contributed by atoms with van der Waals surface area (Å²) >= 11 is 0. The lowest BCUT2D eigenvalue weighted by Gasteiger charge is -2.08. The first-order valence-electron chi connectivity index (χ1n) is 4.65. The standard InChI is InChI=1S/C10H11N3O3/c11-13-12-6-9(14)7-16-10(15)8-4-2-1-3-5-8/h1-5,9,14H,6-7H2. The summed E-state index contributed by atoms with van der Waals surface area (Å²) in [6, 6.07) is 8.44. The first kappa shape index (κ1) is 12.0. The van der Waals surface area contributed by atoms with E-state index in [1.807, 2.05) is 0 Å². The Balaban J connectivity index is 2.38. The fourth-order valence-corrected chi connectivity index (χ4v) is 1.01. The second-order valence-corrected chi connectivity index (χ2v) is 3.03. The number of rotatable bonds is 5. The van der Waals surface area contributed by atoms with Crippen LogP contribution in [0.25, 0.3) is 10.4 Å². The van der Waals surface area contributed by atoms with E-state index in [-0.39, 0.29) is 13.2 Å². The van der Waals surface area contributed by atoms with Crippen molar-refractivity contribution in [2.75, 3.05) is 13.2 Å². The molecular weight excluding hydrogens is 210 g/mol. The molecule has 1 atom stereocenters. The maximum absolute atomic E-state index is 11.4. The van der Waals surface area contributed by atoms with Gasteiger partial charge in [-0.2, -0.15) is 0 Å². The molecule has 0 heterocycles. The molecule has 0 saturated heterocycles. The van der Waals surface area contributed by atoms with Gasteiger partial charge in [0.25, 0.3) is 0 Å². The SMILES string of the molecule is [N-]=[N+]=NCC(O)COC(=O)c1ccccc1. The van der Waals surface area contributed by atoms with Gasteiger partial charge in [-0.1, -0.05) is 23.3 Å². The first-order valence-corrected chi connectivity index (χ1v) is 4.65. The average Bonchev–Trinajstić information content (AvgIpc) is 2.34. The summed E-state index contributed by atoms with van der Waals surface area (Å²) < 4.78 is 4.81. The Morgan fingerprint density at radius 3 is 2.81 bits per heavy atom. The number of aliphatic hydroxyl groups is 1. The fraction of sp³-hybridized carbons (Fsp3) is 0.300. The Bertz CT molecular complexity index is 388. The molecule has 0 radical (unpaired) electrons. The van der Waals surface area contributed by atoms with Gasteiger partial charge in [0.15, 0.2) is 0 Å². The number of ether oxygens (including phenoxy) is 1. The quantitative estimate of drug-likeness (QED) is 0.353. The van der Waals surface area contributed by atoms with Crippen molar-refractivity contribution in [3.8, 4) is 0 Å². The Morgan fingerprint density at radius 1 is 1.50 bits per heavy atom. The molecule has 0 spiro atoms. The predicted octanol–water partition coefficient (Wildman–Crippen LogP) is 1.51. The van der Waals surface area contributed by atoms with Crippen LogP contribution in [0.15, 0.2) is 35.4 Å². The molecule has 1 aromatic carbocycles. The van der Waals surface area contributed by atoms with E-state index >= 15 is 0 Å². The summed E-state index contributed by atoms with van der Waals surface area (Å²) in [7, 11) is 0. The van der Waals surface area contributed by atoms with Gasteiger partial charge >= 0.3 is 5.97 Å². The molecule has 0 fully saturated rings. The van der Waals surface area contributed by atoms with Crippen LogP contribution < -0.4 is 0 Å². The van der Waals surface area contributed by atoms with Crippen molar-refractivity contribution in [1.82, 2.24) is 0 Å². The maximum atomic E-state index is 11.4. The number of carbonyl (C=O) groups is 1. The number of esters is 1. The van der Waals surface area contributed by atoms with Crippen LogP contribution in [0.1, 0.15) is 10.4 Å². The van der Waals surface area contributed by atoms with Crippen molar-refractivity contribution in [3.63, 3.8) is 0 Å². The number of aliphatic hydroxyl groups excluding tert-OH is 1. The molecule has 6 nitrogen and oxygen atoms in total. The zero-order valence-corrected chi connectivity index (χ0v) is 8.48. The van der Waals surface area contributed by atoms with Crippen LogP contribution in [-0.2, 0) is 4.74 Å². The summed E-state index contributed by atoms with van der Waals surface area (Å²) in [5, 5.41) is 12.4. The van der Waals surface area contributed by atoms with Gasteiger partial charge in [-0.05, 0) is 17.7 Å². The maximum Gasteiger partial charge on any atom is 0.338 e. The summed E-state index contributed by atoms with van der Waals surface area (Å²) in [5.74, 6) is -0.513. The molecule has 0 aliphatic heterocycles. The van der Waals surface area contributed by atoms with Gasteiger partial charge in [0.05, 0.1) is 18.2 Å². The van der Waals surface area contributed by atoms with E-state index in [9.17, 15) is 9.90 Å². The number of hydrogen-bond donors (Lipinski definition) is 1. The van der Waals surface area contributed by atoms with Crippen molar-refractivity contribution in [3.05, 3.63) is 46.3 Å². The number of azide groups is 1. The largest absolute Gasteiger partial charge is 0.459 e. The van der Waals surface area contributed by atoms with E-state index in [4.69, 9.17) is 10.3 Å². The second-order valence-electron chi connectivity index (χ2n) is 3.03. The molecule has 0 saturated carbocycles. The summed E-state index contributed by atoms with van der Waals surface area (Å²) in [6.07, 6.45) is -0.969. The van der Waals surface area contributed by atoms with E-state index in [0.717, 1.165) is 0 Å². The highest BCUT2D eigenvalue weighted by molar-refractivity contribution is 5.89. The monoisotopic (exact) mass is 221 g/mol. The zero-order chi connectivity index (χ0) is 11.8. The molecule has 0 aromatic heterocycles. The molecule has 0 amide bonds. The molecule has 6 heteroatoms. The van der Waals surface area contributed by atoms with E-state index in [0.29, 0.717) is 5.56 Å². The molecule has 1 aromatic rings. The lowest BCUT2D eigenvalue weighted by atomic mass is 10.2. The Morgan fingerprint density at radius 2 is 2.19 bits per heavy atom. The van der Waals surface area contributed by atoms with Gasteiger partial charge in [-0.15, -0.1) is 0 Å². The van der Waals surface area contributed by atoms with Gasteiger partial charge < -0.3 is 9.84 Å². The molecular formula is C10H11N3O3. The molecule has 1 N–H and O–H groups in total. The third kappa shape index (κ3) is 4.00. The van der Waals surface area contributed by atoms with Crippen LogP contribution in [0.3, 0.4) is 0 Å². The van der Waals surface area contributed by atoms with Crippen molar-refractivity contribution < 1.29 is 14.6 Å². The van der Waals surface area contributed by atoms with E-state index in [1.54, 1.807) is 30.3 Å². The van der Waals surface area contributed by atoms with Crippen molar-refractivity contribution in [2.24, 2.45) is 5.11 Å². The van der Waals surface area contributed by atoms with Crippen LogP contribution in [0, 0.1) is 0 Å². The third-order valence-electron chi connectivity index (χ3n) is 1.77. The van der Waals surface area contributed by atoms with Gasteiger partial charge in [0.1, 0.15) is 6.61 Å². The number of carbonyl (C=O) groups excluding carboxylic acids is 1. The fourth-order valence-electron chi connectivity index (χ4n) is 1.01.